The highest BCUT2D eigenvalue weighted by molar-refractivity contribution is 6.17. The van der Waals surface area contributed by atoms with Gasteiger partial charge in [-0.2, -0.15) is 0 Å². The molecule has 3 aromatic carbocycles. The van der Waals surface area contributed by atoms with Crippen molar-refractivity contribution in [2.24, 2.45) is 0 Å². The van der Waals surface area contributed by atoms with Gasteiger partial charge in [-0.05, 0) is 38.5 Å². The summed E-state index contributed by atoms with van der Waals surface area (Å²) in [4.78, 5) is 26.7. The number of amides is 1. The molecule has 4 rings (SSSR count). The quantitative estimate of drug-likeness (QED) is 0.449. The normalized spacial score (nSPS) is 12.7. The summed E-state index contributed by atoms with van der Waals surface area (Å²) in [7, 11) is 0. The van der Waals surface area contributed by atoms with Gasteiger partial charge in [0.2, 0.25) is 0 Å². The molecule has 0 radical (unpaired) electrons. The van der Waals surface area contributed by atoms with Crippen molar-refractivity contribution in [1.82, 2.24) is 0 Å². The zero-order valence-electron chi connectivity index (χ0n) is 18.9. The van der Waals surface area contributed by atoms with Gasteiger partial charge in [-0.15, -0.1) is 0 Å². The Morgan fingerprint density at radius 2 is 1.64 bits per heavy atom. The number of hydrogen-bond donors (Lipinski definition) is 0. The largest absolute Gasteiger partial charge is 0.493 e. The Morgan fingerprint density at radius 1 is 0.970 bits per heavy atom. The van der Waals surface area contributed by atoms with Crippen LogP contribution in [0.3, 0.4) is 0 Å². The van der Waals surface area contributed by atoms with Crippen LogP contribution in [-0.2, 0) is 22.5 Å². The van der Waals surface area contributed by atoms with Crippen LogP contribution in [0.25, 0.3) is 10.8 Å². The second-order valence-electron chi connectivity index (χ2n) is 7.58. The number of halogens is 1. The topological polar surface area (TPSA) is 65.1 Å². The Hall–Kier alpha value is -3.61. The molecule has 0 aliphatic carbocycles. The van der Waals surface area contributed by atoms with Crippen LogP contribution >= 0.6 is 0 Å². The number of carbonyl (C=O) groups is 2. The second-order valence-corrected chi connectivity index (χ2v) is 7.58. The van der Waals surface area contributed by atoms with Crippen LogP contribution in [0.4, 0.5) is 10.1 Å². The average Bonchev–Trinajstić information content (AvgIpc) is 3.13. The molecule has 1 amide bonds. The predicted octanol–water partition coefficient (Wildman–Crippen LogP) is 5.04. The Labute approximate surface area is 191 Å². The van der Waals surface area contributed by atoms with Gasteiger partial charge in [0, 0.05) is 16.3 Å². The van der Waals surface area contributed by atoms with Crippen molar-refractivity contribution in [3.05, 3.63) is 65.0 Å². The summed E-state index contributed by atoms with van der Waals surface area (Å²) in [5.74, 6) is -0.264. The van der Waals surface area contributed by atoms with E-state index in [1.807, 2.05) is 38.1 Å². The lowest BCUT2D eigenvalue weighted by Gasteiger charge is -2.17. The van der Waals surface area contributed by atoms with Gasteiger partial charge < -0.3 is 19.1 Å². The smallest absolute Gasteiger partial charge is 0.310 e. The highest BCUT2D eigenvalue weighted by Crippen LogP contribution is 2.46. The number of anilines is 1. The van der Waals surface area contributed by atoms with Gasteiger partial charge in [0.1, 0.15) is 17.3 Å². The molecule has 172 valence electrons. The molecular formula is C26H26FNO5. The van der Waals surface area contributed by atoms with Crippen LogP contribution < -0.4 is 14.4 Å². The van der Waals surface area contributed by atoms with E-state index in [1.165, 1.54) is 17.0 Å². The molecule has 0 bridgehead atoms. The van der Waals surface area contributed by atoms with Crippen molar-refractivity contribution in [1.29, 1.82) is 0 Å². The van der Waals surface area contributed by atoms with Gasteiger partial charge in [-0.3, -0.25) is 9.59 Å². The zero-order valence-corrected chi connectivity index (χ0v) is 18.9. The van der Waals surface area contributed by atoms with Crippen LogP contribution in [0.15, 0.2) is 42.5 Å². The predicted molar refractivity (Wildman–Crippen MR) is 124 cm³/mol. The number of ether oxygens (including phenoxy) is 3. The molecule has 1 heterocycles. The van der Waals surface area contributed by atoms with Crippen LogP contribution in [0, 0.1) is 5.82 Å². The highest BCUT2D eigenvalue weighted by Gasteiger charge is 2.37. The van der Waals surface area contributed by atoms with E-state index in [9.17, 15) is 9.59 Å². The molecule has 0 saturated heterocycles. The monoisotopic (exact) mass is 451 g/mol. The van der Waals surface area contributed by atoms with E-state index in [4.69, 9.17) is 14.2 Å². The van der Waals surface area contributed by atoms with Gasteiger partial charge in [-0.1, -0.05) is 30.3 Å². The number of benzene rings is 3. The SMILES string of the molecule is CCOC(=O)Cc1ccc(N2Cc3c(c(OCC)c4ccccc4c3OCC)C2=O)c(F)c1. The lowest BCUT2D eigenvalue weighted by atomic mass is 9.99. The fourth-order valence-electron chi connectivity index (χ4n) is 4.22. The molecule has 33 heavy (non-hydrogen) atoms. The van der Waals surface area contributed by atoms with Gasteiger partial charge in [0.15, 0.2) is 0 Å². The van der Waals surface area contributed by atoms with Crippen LogP contribution in [0.1, 0.15) is 42.3 Å². The van der Waals surface area contributed by atoms with E-state index in [-0.39, 0.29) is 31.2 Å². The molecule has 6 nitrogen and oxygen atoms in total. The standard InChI is InChI=1S/C26H26FNO5/c1-4-31-22(29)14-16-11-12-21(20(27)13-16)28-15-19-23(26(28)30)25(33-6-3)18-10-8-7-9-17(18)24(19)32-5-2/h7-13H,4-6,14-15H2,1-3H3. The molecule has 0 spiro atoms. The maximum Gasteiger partial charge on any atom is 0.310 e. The summed E-state index contributed by atoms with van der Waals surface area (Å²) in [6.45, 7) is 6.69. The van der Waals surface area contributed by atoms with Crippen molar-refractivity contribution < 1.29 is 28.2 Å². The fraction of sp³-hybridized carbons (Fsp3) is 0.308. The Morgan fingerprint density at radius 3 is 2.27 bits per heavy atom. The Bertz CT molecular complexity index is 1220. The first-order chi connectivity index (χ1) is 16.0. The van der Waals surface area contributed by atoms with E-state index in [0.717, 1.165) is 10.8 Å². The maximum atomic E-state index is 15.1. The Balaban J connectivity index is 1.78. The minimum absolute atomic E-state index is 0.0341. The number of nitrogens with zero attached hydrogens (tertiary/aromatic N) is 1. The molecule has 0 unspecified atom stereocenters. The van der Waals surface area contributed by atoms with Crippen molar-refractivity contribution >= 4 is 28.3 Å². The van der Waals surface area contributed by atoms with Crippen molar-refractivity contribution in [3.63, 3.8) is 0 Å². The molecule has 0 saturated carbocycles. The highest BCUT2D eigenvalue weighted by atomic mass is 19.1. The molecule has 0 fully saturated rings. The van der Waals surface area contributed by atoms with Gasteiger partial charge in [0.25, 0.3) is 5.91 Å². The number of carbonyl (C=O) groups excluding carboxylic acids is 2. The van der Waals surface area contributed by atoms with Crippen LogP contribution in [-0.4, -0.2) is 31.7 Å². The summed E-state index contributed by atoms with van der Waals surface area (Å²) < 4.78 is 31.9. The third-order valence-corrected chi connectivity index (χ3v) is 5.53. The summed E-state index contributed by atoms with van der Waals surface area (Å²) in [5.41, 5.74) is 1.69. The molecule has 3 aromatic rings. The molecule has 1 aliphatic heterocycles. The minimum atomic E-state index is -0.585. The van der Waals surface area contributed by atoms with Crippen molar-refractivity contribution in [3.8, 4) is 11.5 Å². The molecule has 0 atom stereocenters. The van der Waals surface area contributed by atoms with Crippen molar-refractivity contribution in [2.45, 2.75) is 33.7 Å². The first kappa shape index (κ1) is 22.6. The van der Waals surface area contributed by atoms with Gasteiger partial charge in [0.05, 0.1) is 44.0 Å². The zero-order chi connectivity index (χ0) is 23.5. The number of esters is 1. The lowest BCUT2D eigenvalue weighted by molar-refractivity contribution is -0.142. The van der Waals surface area contributed by atoms with E-state index in [2.05, 4.69) is 0 Å². The second kappa shape index (κ2) is 9.48. The lowest BCUT2D eigenvalue weighted by Crippen LogP contribution is -2.24. The fourth-order valence-corrected chi connectivity index (χ4v) is 4.22. The number of fused-ring (bicyclic) bond motifs is 2. The summed E-state index contributed by atoms with van der Waals surface area (Å²) in [6.07, 6.45) is -0.0341. The van der Waals surface area contributed by atoms with Gasteiger partial charge in [-0.25, -0.2) is 4.39 Å². The van der Waals surface area contributed by atoms with Crippen LogP contribution in [0.2, 0.25) is 0 Å². The first-order valence-electron chi connectivity index (χ1n) is 11.1. The number of rotatable bonds is 8. The van der Waals surface area contributed by atoms with E-state index < -0.39 is 11.8 Å². The first-order valence-corrected chi connectivity index (χ1v) is 11.1. The maximum absolute atomic E-state index is 15.1. The average molecular weight is 451 g/mol. The minimum Gasteiger partial charge on any atom is -0.493 e. The number of hydrogen-bond acceptors (Lipinski definition) is 5. The summed E-state index contributed by atoms with van der Waals surface area (Å²) >= 11 is 0. The third-order valence-electron chi connectivity index (χ3n) is 5.53. The molecule has 0 aromatic heterocycles. The van der Waals surface area contributed by atoms with E-state index >= 15 is 4.39 Å². The van der Waals surface area contributed by atoms with Gasteiger partial charge >= 0.3 is 5.97 Å². The molecule has 7 heteroatoms. The van der Waals surface area contributed by atoms with E-state index in [1.54, 1.807) is 13.0 Å². The molecule has 1 aliphatic rings. The third kappa shape index (κ3) is 4.11. The van der Waals surface area contributed by atoms with Crippen LogP contribution in [0.5, 0.6) is 11.5 Å². The van der Waals surface area contributed by atoms with Crippen molar-refractivity contribution in [2.75, 3.05) is 24.7 Å². The van der Waals surface area contributed by atoms with E-state index in [0.29, 0.717) is 41.4 Å². The summed E-state index contributed by atoms with van der Waals surface area (Å²) in [6, 6.07) is 12.0. The Kier molecular flexibility index (Phi) is 6.49. The summed E-state index contributed by atoms with van der Waals surface area (Å²) in [5, 5.41) is 1.63. The molecule has 0 N–H and O–H groups in total. The molecular weight excluding hydrogens is 425 g/mol.